The molecular weight excluding hydrogens is 495 g/mol. The molecule has 30 heavy (non-hydrogen) atoms. The monoisotopic (exact) mass is 532 g/mol. The van der Waals surface area contributed by atoms with Crippen molar-refractivity contribution in [3.63, 3.8) is 0 Å². The zero-order chi connectivity index (χ0) is 21.0. The number of nitrogens with zero attached hydrogens (tertiary/aromatic N) is 1. The summed E-state index contributed by atoms with van der Waals surface area (Å²) in [6.07, 6.45) is 7.10. The number of rotatable bonds is 12. The molecule has 7 nitrogen and oxygen atoms in total. The van der Waals surface area contributed by atoms with E-state index in [1.54, 1.807) is 0 Å². The van der Waals surface area contributed by atoms with Crippen molar-refractivity contribution in [1.82, 2.24) is 10.6 Å². The van der Waals surface area contributed by atoms with E-state index in [9.17, 15) is 4.79 Å². The molecule has 2 rings (SSSR count). The maximum Gasteiger partial charge on any atom is 0.255 e. The van der Waals surface area contributed by atoms with Gasteiger partial charge >= 0.3 is 0 Å². The van der Waals surface area contributed by atoms with Gasteiger partial charge in [-0.3, -0.25) is 9.79 Å². The molecule has 0 atom stereocenters. The summed E-state index contributed by atoms with van der Waals surface area (Å²) >= 11 is 0. The van der Waals surface area contributed by atoms with Crippen LogP contribution < -0.4 is 21.1 Å². The first-order valence-electron chi connectivity index (χ1n) is 10.6. The Balaban J connectivity index is 0.00000450. The number of primary amides is 1. The van der Waals surface area contributed by atoms with Crippen molar-refractivity contribution in [3.8, 4) is 5.75 Å². The number of carbonyl (C=O) groups is 1. The van der Waals surface area contributed by atoms with Gasteiger partial charge in [0, 0.05) is 33.4 Å². The first-order valence-corrected chi connectivity index (χ1v) is 10.6. The van der Waals surface area contributed by atoms with Gasteiger partial charge in [-0.2, -0.15) is 0 Å². The second-order valence-corrected chi connectivity index (χ2v) is 7.66. The van der Waals surface area contributed by atoms with Gasteiger partial charge < -0.3 is 25.8 Å². The van der Waals surface area contributed by atoms with E-state index in [0.29, 0.717) is 11.2 Å². The van der Waals surface area contributed by atoms with Crippen molar-refractivity contribution in [1.29, 1.82) is 0 Å². The summed E-state index contributed by atoms with van der Waals surface area (Å²) in [4.78, 5) is 15.1. The topological polar surface area (TPSA) is 98.0 Å². The largest absolute Gasteiger partial charge is 0.484 e. The minimum absolute atomic E-state index is 0. The number of carbonyl (C=O) groups excluding carboxylic acids is 1. The van der Waals surface area contributed by atoms with Gasteiger partial charge in [0.1, 0.15) is 5.75 Å². The highest BCUT2D eigenvalue weighted by molar-refractivity contribution is 14.0. The lowest BCUT2D eigenvalue weighted by Crippen LogP contribution is -2.44. The number of amides is 1. The molecule has 0 bridgehead atoms. The standard InChI is InChI=1S/C22H36N4O3.HI/c1-3-28-15-13-22(11-4-5-12-22)17-26-21(24-2)25-14-10-18-6-8-19(9-7-18)29-16-20(23)27;/h6-9H,3-5,10-17H2,1-2H3,(H2,23,27)(H2,24,25,26);1H. The summed E-state index contributed by atoms with van der Waals surface area (Å²) in [6, 6.07) is 7.70. The van der Waals surface area contributed by atoms with Gasteiger partial charge in [0.15, 0.2) is 12.6 Å². The van der Waals surface area contributed by atoms with E-state index in [1.807, 2.05) is 38.2 Å². The quantitative estimate of drug-likeness (QED) is 0.167. The van der Waals surface area contributed by atoms with Crippen LogP contribution in [0, 0.1) is 5.41 Å². The summed E-state index contributed by atoms with van der Waals surface area (Å²) in [5.41, 5.74) is 6.60. The molecule has 1 saturated carbocycles. The number of nitrogens with two attached hydrogens (primary N) is 1. The maximum absolute atomic E-state index is 10.8. The molecule has 0 spiro atoms. The third kappa shape index (κ3) is 9.51. The molecule has 1 aliphatic rings. The fraction of sp³-hybridized carbons (Fsp3) is 0.636. The lowest BCUT2D eigenvalue weighted by atomic mass is 9.83. The molecular formula is C22H37IN4O3. The number of hydrogen-bond acceptors (Lipinski definition) is 4. The molecule has 1 amide bonds. The Morgan fingerprint density at radius 2 is 1.90 bits per heavy atom. The fourth-order valence-corrected chi connectivity index (χ4v) is 3.80. The highest BCUT2D eigenvalue weighted by Crippen LogP contribution is 2.40. The van der Waals surface area contributed by atoms with Crippen LogP contribution in [0.4, 0.5) is 0 Å². The van der Waals surface area contributed by atoms with Crippen molar-refractivity contribution >= 4 is 35.8 Å². The van der Waals surface area contributed by atoms with E-state index in [4.69, 9.17) is 15.2 Å². The van der Waals surface area contributed by atoms with Gasteiger partial charge in [-0.15, -0.1) is 24.0 Å². The second-order valence-electron chi connectivity index (χ2n) is 7.66. The number of hydrogen-bond donors (Lipinski definition) is 3. The number of aliphatic imine (C=N–C) groups is 1. The molecule has 1 aliphatic carbocycles. The highest BCUT2D eigenvalue weighted by Gasteiger charge is 2.33. The van der Waals surface area contributed by atoms with Crippen LogP contribution in [0.2, 0.25) is 0 Å². The summed E-state index contributed by atoms with van der Waals surface area (Å²) in [6.45, 7) is 5.29. The van der Waals surface area contributed by atoms with Crippen LogP contribution in [-0.2, 0) is 16.0 Å². The zero-order valence-corrected chi connectivity index (χ0v) is 20.6. The van der Waals surface area contributed by atoms with Crippen LogP contribution in [0.1, 0.15) is 44.6 Å². The van der Waals surface area contributed by atoms with E-state index < -0.39 is 5.91 Å². The Labute approximate surface area is 197 Å². The summed E-state index contributed by atoms with van der Waals surface area (Å²) < 4.78 is 10.9. The fourth-order valence-electron chi connectivity index (χ4n) is 3.80. The molecule has 0 aliphatic heterocycles. The van der Waals surface area contributed by atoms with Crippen molar-refractivity contribution < 1.29 is 14.3 Å². The average Bonchev–Trinajstić information content (AvgIpc) is 3.19. The Morgan fingerprint density at radius 1 is 1.20 bits per heavy atom. The van der Waals surface area contributed by atoms with Gasteiger partial charge in [-0.1, -0.05) is 25.0 Å². The zero-order valence-electron chi connectivity index (χ0n) is 18.2. The van der Waals surface area contributed by atoms with Gasteiger partial charge in [0.2, 0.25) is 0 Å². The van der Waals surface area contributed by atoms with Crippen LogP contribution in [0.25, 0.3) is 0 Å². The molecule has 0 aromatic heterocycles. The van der Waals surface area contributed by atoms with Crippen LogP contribution >= 0.6 is 24.0 Å². The van der Waals surface area contributed by atoms with Crippen LogP contribution in [0.15, 0.2) is 29.3 Å². The van der Waals surface area contributed by atoms with Crippen LogP contribution in [-0.4, -0.2) is 51.8 Å². The molecule has 0 saturated heterocycles. The third-order valence-corrected chi connectivity index (χ3v) is 5.51. The van der Waals surface area contributed by atoms with E-state index >= 15 is 0 Å². The minimum atomic E-state index is -0.477. The van der Waals surface area contributed by atoms with E-state index in [0.717, 1.165) is 45.1 Å². The SMILES string of the molecule is CCOCCC1(CNC(=NC)NCCc2ccc(OCC(N)=O)cc2)CCCC1.I. The van der Waals surface area contributed by atoms with Crippen molar-refractivity contribution in [2.75, 3.05) is 40.0 Å². The molecule has 1 aromatic rings. The van der Waals surface area contributed by atoms with Crippen LogP contribution in [0.5, 0.6) is 5.75 Å². The van der Waals surface area contributed by atoms with Gasteiger partial charge in [0.05, 0.1) is 0 Å². The van der Waals surface area contributed by atoms with Crippen LogP contribution in [0.3, 0.4) is 0 Å². The first kappa shape index (κ1) is 26.5. The van der Waals surface area contributed by atoms with Crippen molar-refractivity contribution in [2.45, 2.75) is 45.4 Å². The Morgan fingerprint density at radius 3 is 2.50 bits per heavy atom. The normalized spacial score (nSPS) is 15.3. The molecule has 1 aromatic carbocycles. The number of nitrogens with one attached hydrogen (secondary N) is 2. The molecule has 0 unspecified atom stereocenters. The average molecular weight is 532 g/mol. The smallest absolute Gasteiger partial charge is 0.255 e. The van der Waals surface area contributed by atoms with Gasteiger partial charge in [0.25, 0.3) is 5.91 Å². The summed E-state index contributed by atoms with van der Waals surface area (Å²) in [5.74, 6) is 1.01. The van der Waals surface area contributed by atoms with E-state index in [2.05, 4.69) is 15.6 Å². The van der Waals surface area contributed by atoms with Crippen molar-refractivity contribution in [2.24, 2.45) is 16.1 Å². The molecule has 0 heterocycles. The Bertz CT molecular complexity index is 646. The molecule has 0 radical (unpaired) electrons. The number of halogens is 1. The maximum atomic E-state index is 10.8. The molecule has 8 heteroatoms. The predicted octanol–water partition coefficient (Wildman–Crippen LogP) is 2.86. The first-order chi connectivity index (χ1) is 14.1. The minimum Gasteiger partial charge on any atom is -0.484 e. The number of guanidine groups is 1. The Hall–Kier alpha value is -1.55. The lowest BCUT2D eigenvalue weighted by molar-refractivity contribution is -0.119. The molecule has 4 N–H and O–H groups in total. The lowest BCUT2D eigenvalue weighted by Gasteiger charge is -2.30. The summed E-state index contributed by atoms with van der Waals surface area (Å²) in [7, 11) is 1.81. The summed E-state index contributed by atoms with van der Waals surface area (Å²) in [5, 5.41) is 6.92. The second kappa shape index (κ2) is 14.5. The molecule has 1 fully saturated rings. The number of ether oxygens (including phenoxy) is 2. The molecule has 170 valence electrons. The highest BCUT2D eigenvalue weighted by atomic mass is 127. The Kier molecular flexibility index (Phi) is 12.8. The number of benzene rings is 1. The third-order valence-electron chi connectivity index (χ3n) is 5.51. The van der Waals surface area contributed by atoms with Gasteiger partial charge in [-0.05, 0) is 55.7 Å². The van der Waals surface area contributed by atoms with E-state index in [-0.39, 0.29) is 30.6 Å². The van der Waals surface area contributed by atoms with E-state index in [1.165, 1.54) is 31.2 Å². The van der Waals surface area contributed by atoms with Gasteiger partial charge in [-0.25, -0.2) is 0 Å². The van der Waals surface area contributed by atoms with Crippen molar-refractivity contribution in [3.05, 3.63) is 29.8 Å². The predicted molar refractivity (Wildman–Crippen MR) is 132 cm³/mol.